The van der Waals surface area contributed by atoms with E-state index in [1.165, 1.54) is 4.40 Å². The molecule has 0 amide bonds. The summed E-state index contributed by atoms with van der Waals surface area (Å²) in [4.78, 5) is 47.4. The molecule has 34 heavy (non-hydrogen) atoms. The van der Waals surface area contributed by atoms with Crippen LogP contribution in [0.15, 0.2) is 72.2 Å². The summed E-state index contributed by atoms with van der Waals surface area (Å²) in [6, 6.07) is 13.6. The van der Waals surface area contributed by atoms with E-state index < -0.39 is 23.4 Å². The third-order valence-corrected chi connectivity index (χ3v) is 6.03. The highest BCUT2D eigenvalue weighted by Crippen LogP contribution is 2.49. The van der Waals surface area contributed by atoms with Crippen molar-refractivity contribution >= 4 is 23.4 Å². The first-order valence-corrected chi connectivity index (χ1v) is 11.3. The summed E-state index contributed by atoms with van der Waals surface area (Å²) in [6.07, 6.45) is 3.07. The molecule has 0 bridgehead atoms. The van der Waals surface area contributed by atoms with E-state index in [9.17, 15) is 14.4 Å². The van der Waals surface area contributed by atoms with Gasteiger partial charge in [-0.05, 0) is 31.5 Å². The van der Waals surface area contributed by atoms with Crippen molar-refractivity contribution in [3.05, 3.63) is 88.9 Å². The highest BCUT2D eigenvalue weighted by molar-refractivity contribution is 6.03. The standard InChI is InChI=1S/C26H27N3O5/c1-4-15-29-21(18-12-8-7-9-13-18)26(24(31)33-5-2,25(32)34-6-3)17-19-22(29)27-20-14-10-11-16-28(20)23(19)30/h4,7-14,16,21H,1,5-6,15,17H2,2-3H3. The number of nitrogens with zero attached hydrogens (tertiary/aromatic N) is 3. The van der Waals surface area contributed by atoms with Gasteiger partial charge in [0.15, 0.2) is 5.41 Å². The fourth-order valence-corrected chi connectivity index (χ4v) is 4.67. The maximum Gasteiger partial charge on any atom is 0.326 e. The molecule has 0 saturated heterocycles. The molecule has 2 aromatic heterocycles. The number of carbonyl (C=O) groups is 2. The molecular formula is C26H27N3O5. The van der Waals surface area contributed by atoms with Gasteiger partial charge in [-0.2, -0.15) is 0 Å². The lowest BCUT2D eigenvalue weighted by molar-refractivity contribution is -0.174. The van der Waals surface area contributed by atoms with Crippen LogP contribution in [-0.4, -0.2) is 41.1 Å². The number of pyridine rings is 1. The third-order valence-electron chi connectivity index (χ3n) is 6.03. The first-order chi connectivity index (χ1) is 16.5. The zero-order chi connectivity index (χ0) is 24.3. The van der Waals surface area contributed by atoms with Crippen molar-refractivity contribution in [1.82, 2.24) is 9.38 Å². The molecule has 1 aromatic carbocycles. The van der Waals surface area contributed by atoms with E-state index in [0.717, 1.165) is 0 Å². The second-order valence-corrected chi connectivity index (χ2v) is 7.99. The lowest BCUT2D eigenvalue weighted by Gasteiger charge is -2.47. The van der Waals surface area contributed by atoms with Crippen LogP contribution in [0.3, 0.4) is 0 Å². The van der Waals surface area contributed by atoms with E-state index in [-0.39, 0.29) is 37.3 Å². The molecule has 1 unspecified atom stereocenters. The molecule has 8 heteroatoms. The van der Waals surface area contributed by atoms with Gasteiger partial charge < -0.3 is 14.4 Å². The van der Waals surface area contributed by atoms with Crippen LogP contribution in [0.25, 0.3) is 5.65 Å². The minimum absolute atomic E-state index is 0.0742. The summed E-state index contributed by atoms with van der Waals surface area (Å²) in [7, 11) is 0. The molecule has 3 heterocycles. The summed E-state index contributed by atoms with van der Waals surface area (Å²) in [5.74, 6) is -1.06. The minimum atomic E-state index is -1.81. The number of rotatable bonds is 7. The molecule has 0 spiro atoms. The van der Waals surface area contributed by atoms with Crippen LogP contribution in [0, 0.1) is 5.41 Å². The van der Waals surface area contributed by atoms with Crippen LogP contribution in [0.4, 0.5) is 5.82 Å². The van der Waals surface area contributed by atoms with E-state index in [2.05, 4.69) is 6.58 Å². The number of benzene rings is 1. The second kappa shape index (κ2) is 9.51. The van der Waals surface area contributed by atoms with Gasteiger partial charge in [0.1, 0.15) is 11.5 Å². The smallest absolute Gasteiger partial charge is 0.326 e. The van der Waals surface area contributed by atoms with Crippen LogP contribution < -0.4 is 10.5 Å². The van der Waals surface area contributed by atoms with Crippen LogP contribution in [0.2, 0.25) is 0 Å². The first-order valence-electron chi connectivity index (χ1n) is 11.3. The summed E-state index contributed by atoms with van der Waals surface area (Å²) < 4.78 is 12.3. The predicted molar refractivity (Wildman–Crippen MR) is 128 cm³/mol. The van der Waals surface area contributed by atoms with E-state index in [1.807, 2.05) is 30.3 Å². The number of fused-ring (bicyclic) bond motifs is 2. The third kappa shape index (κ3) is 3.65. The van der Waals surface area contributed by atoms with Gasteiger partial charge in [-0.25, -0.2) is 4.98 Å². The van der Waals surface area contributed by atoms with Crippen LogP contribution in [0.5, 0.6) is 0 Å². The Balaban J connectivity index is 2.10. The van der Waals surface area contributed by atoms with Gasteiger partial charge in [-0.3, -0.25) is 18.8 Å². The number of ether oxygens (including phenoxy) is 2. The Bertz CT molecular complexity index is 1270. The maximum atomic E-state index is 13.6. The van der Waals surface area contributed by atoms with Gasteiger partial charge in [0.05, 0.1) is 24.8 Å². The Morgan fingerprint density at radius 2 is 1.74 bits per heavy atom. The molecule has 0 radical (unpaired) electrons. The van der Waals surface area contributed by atoms with E-state index in [4.69, 9.17) is 14.5 Å². The molecule has 0 saturated carbocycles. The van der Waals surface area contributed by atoms with Crippen molar-refractivity contribution in [3.8, 4) is 0 Å². The largest absolute Gasteiger partial charge is 0.465 e. The zero-order valence-electron chi connectivity index (χ0n) is 19.3. The van der Waals surface area contributed by atoms with E-state index >= 15 is 0 Å². The van der Waals surface area contributed by atoms with Gasteiger partial charge in [0.2, 0.25) is 0 Å². The van der Waals surface area contributed by atoms with Crippen molar-refractivity contribution in [2.75, 3.05) is 24.7 Å². The van der Waals surface area contributed by atoms with Crippen LogP contribution in [-0.2, 0) is 25.5 Å². The molecule has 4 rings (SSSR count). The van der Waals surface area contributed by atoms with Gasteiger partial charge >= 0.3 is 11.9 Å². The topological polar surface area (TPSA) is 90.2 Å². The van der Waals surface area contributed by atoms with Crippen LogP contribution in [0.1, 0.15) is 31.0 Å². The van der Waals surface area contributed by atoms with Crippen molar-refractivity contribution < 1.29 is 19.1 Å². The Hall–Kier alpha value is -3.94. The van der Waals surface area contributed by atoms with E-state index in [1.54, 1.807) is 49.2 Å². The average molecular weight is 462 g/mol. The maximum absolute atomic E-state index is 13.6. The van der Waals surface area contributed by atoms with Gasteiger partial charge in [-0.15, -0.1) is 6.58 Å². The summed E-state index contributed by atoms with van der Waals surface area (Å²) >= 11 is 0. The van der Waals surface area contributed by atoms with Crippen LogP contribution >= 0.6 is 0 Å². The summed E-state index contributed by atoms with van der Waals surface area (Å²) in [5.41, 5.74) is -0.746. The lowest BCUT2D eigenvalue weighted by Crippen LogP contribution is -2.58. The molecule has 0 fully saturated rings. The Kier molecular flexibility index (Phi) is 6.49. The SMILES string of the molecule is C=CCN1c2nc3ccccn3c(=O)c2CC(C(=O)OCC)(C(=O)OCC)C1c1ccccc1. The van der Waals surface area contributed by atoms with Crippen molar-refractivity contribution in [3.63, 3.8) is 0 Å². The quantitative estimate of drug-likeness (QED) is 0.303. The van der Waals surface area contributed by atoms with E-state index in [0.29, 0.717) is 17.0 Å². The number of anilines is 1. The number of hydrogen-bond acceptors (Lipinski definition) is 7. The average Bonchev–Trinajstić information content (AvgIpc) is 2.85. The molecule has 0 aliphatic carbocycles. The number of aromatic nitrogens is 2. The molecular weight excluding hydrogens is 434 g/mol. The highest BCUT2D eigenvalue weighted by atomic mass is 16.6. The summed E-state index contributed by atoms with van der Waals surface area (Å²) in [6.45, 7) is 7.61. The second-order valence-electron chi connectivity index (χ2n) is 7.99. The predicted octanol–water partition coefficient (Wildman–Crippen LogP) is 3.10. The monoisotopic (exact) mass is 461 g/mol. The van der Waals surface area contributed by atoms with Gasteiger partial charge in [0, 0.05) is 19.2 Å². The molecule has 3 aromatic rings. The normalized spacial score (nSPS) is 16.5. The molecule has 1 atom stereocenters. The molecule has 0 N–H and O–H groups in total. The summed E-state index contributed by atoms with van der Waals surface area (Å²) in [5, 5.41) is 0. The highest BCUT2D eigenvalue weighted by Gasteiger charge is 2.61. The van der Waals surface area contributed by atoms with Gasteiger partial charge in [-0.1, -0.05) is 42.5 Å². The Morgan fingerprint density at radius 1 is 1.09 bits per heavy atom. The molecule has 1 aliphatic heterocycles. The number of hydrogen-bond donors (Lipinski definition) is 0. The fraction of sp³-hybridized carbons (Fsp3) is 0.308. The number of carbonyl (C=O) groups excluding carboxylic acids is 2. The Labute approximate surface area is 197 Å². The Morgan fingerprint density at radius 3 is 2.35 bits per heavy atom. The van der Waals surface area contributed by atoms with Crippen molar-refractivity contribution in [2.24, 2.45) is 5.41 Å². The first kappa shape index (κ1) is 23.2. The number of esters is 2. The van der Waals surface area contributed by atoms with Gasteiger partial charge in [0.25, 0.3) is 5.56 Å². The van der Waals surface area contributed by atoms with Crippen molar-refractivity contribution in [1.29, 1.82) is 0 Å². The molecule has 8 nitrogen and oxygen atoms in total. The molecule has 1 aliphatic rings. The minimum Gasteiger partial charge on any atom is -0.465 e. The lowest BCUT2D eigenvalue weighted by atomic mass is 9.69. The molecule has 176 valence electrons. The van der Waals surface area contributed by atoms with Crippen molar-refractivity contribution in [2.45, 2.75) is 26.3 Å². The fourth-order valence-electron chi connectivity index (χ4n) is 4.67. The zero-order valence-corrected chi connectivity index (χ0v) is 19.3.